The number of hydrogen-bond donors (Lipinski definition) is 0. The highest BCUT2D eigenvalue weighted by molar-refractivity contribution is 6.04. The lowest BCUT2D eigenvalue weighted by Crippen LogP contribution is -2.24. The molecule has 0 aliphatic heterocycles. The van der Waals surface area contributed by atoms with Crippen molar-refractivity contribution in [3.63, 3.8) is 0 Å². The molecule has 0 aromatic carbocycles. The van der Waals surface area contributed by atoms with Gasteiger partial charge in [0.1, 0.15) is 0 Å². The van der Waals surface area contributed by atoms with Crippen molar-refractivity contribution in [2.45, 2.75) is 13.1 Å². The highest BCUT2D eigenvalue weighted by Gasteiger charge is 2.12. The van der Waals surface area contributed by atoms with Gasteiger partial charge in [0.15, 0.2) is 0 Å². The lowest BCUT2D eigenvalue weighted by molar-refractivity contribution is 0.186. The first-order chi connectivity index (χ1) is 13.2. The standard InChI is InChI=1S/C20H18N4O3/c1-27-10-9-23-8-5-17-18(20(23)26)15-4-7-24(19(25)16(15)12-22-17)13-14-3-2-6-21-11-14/h2-8,11-12H,9-10,13H2,1H3. The minimum Gasteiger partial charge on any atom is -0.383 e. The van der Waals surface area contributed by atoms with Crippen molar-refractivity contribution in [2.75, 3.05) is 13.7 Å². The number of methoxy groups -OCH3 is 1. The van der Waals surface area contributed by atoms with Crippen LogP contribution < -0.4 is 11.1 Å². The number of ether oxygens (including phenoxy) is 1. The number of nitrogens with zero attached hydrogens (tertiary/aromatic N) is 4. The smallest absolute Gasteiger partial charge is 0.260 e. The van der Waals surface area contributed by atoms with Gasteiger partial charge in [0.05, 0.1) is 29.4 Å². The third kappa shape index (κ3) is 3.13. The van der Waals surface area contributed by atoms with E-state index in [1.165, 1.54) is 0 Å². The van der Waals surface area contributed by atoms with E-state index in [0.717, 1.165) is 5.56 Å². The molecule has 0 atom stereocenters. The molecule has 0 saturated heterocycles. The van der Waals surface area contributed by atoms with Crippen LogP contribution in [0.1, 0.15) is 5.56 Å². The first-order valence-corrected chi connectivity index (χ1v) is 8.58. The molecule has 4 heterocycles. The van der Waals surface area contributed by atoms with E-state index in [9.17, 15) is 9.59 Å². The Hall–Kier alpha value is -3.32. The van der Waals surface area contributed by atoms with Crippen LogP contribution in [0.25, 0.3) is 21.7 Å². The molecule has 4 aromatic heterocycles. The number of rotatable bonds is 5. The Kier molecular flexibility index (Phi) is 4.52. The Morgan fingerprint density at radius 3 is 2.63 bits per heavy atom. The molecule has 0 fully saturated rings. The molecule has 0 spiro atoms. The van der Waals surface area contributed by atoms with Gasteiger partial charge in [-0.25, -0.2) is 0 Å². The molecule has 4 rings (SSSR count). The molecular weight excluding hydrogens is 344 g/mol. The molecule has 0 saturated carbocycles. The summed E-state index contributed by atoms with van der Waals surface area (Å²) in [5, 5.41) is 1.50. The van der Waals surface area contributed by atoms with E-state index in [0.29, 0.717) is 41.4 Å². The van der Waals surface area contributed by atoms with Crippen LogP contribution in [0.5, 0.6) is 0 Å². The second-order valence-electron chi connectivity index (χ2n) is 6.26. The fraction of sp³-hybridized carbons (Fsp3) is 0.200. The van der Waals surface area contributed by atoms with E-state index in [1.54, 1.807) is 59.4 Å². The first-order valence-electron chi connectivity index (χ1n) is 8.58. The molecule has 136 valence electrons. The third-order valence-electron chi connectivity index (χ3n) is 4.56. The highest BCUT2D eigenvalue weighted by atomic mass is 16.5. The molecular formula is C20H18N4O3. The molecule has 0 amide bonds. The van der Waals surface area contributed by atoms with Crippen LogP contribution in [-0.2, 0) is 17.8 Å². The van der Waals surface area contributed by atoms with Crippen molar-refractivity contribution in [1.29, 1.82) is 0 Å². The normalized spacial score (nSPS) is 11.3. The van der Waals surface area contributed by atoms with Gasteiger partial charge in [-0.2, -0.15) is 0 Å². The molecule has 0 radical (unpaired) electrons. The van der Waals surface area contributed by atoms with E-state index in [-0.39, 0.29) is 11.1 Å². The van der Waals surface area contributed by atoms with Gasteiger partial charge in [0, 0.05) is 50.0 Å². The van der Waals surface area contributed by atoms with Gasteiger partial charge < -0.3 is 13.9 Å². The van der Waals surface area contributed by atoms with E-state index in [1.807, 2.05) is 12.1 Å². The number of fused-ring (bicyclic) bond motifs is 3. The zero-order chi connectivity index (χ0) is 18.8. The van der Waals surface area contributed by atoms with E-state index < -0.39 is 0 Å². The third-order valence-corrected chi connectivity index (χ3v) is 4.56. The SMILES string of the molecule is COCCn1ccc2ncc3c(=O)n(Cc4cccnc4)ccc3c2c1=O. The predicted octanol–water partition coefficient (Wildman–Crippen LogP) is 1.80. The molecule has 7 nitrogen and oxygen atoms in total. The van der Waals surface area contributed by atoms with Gasteiger partial charge in [-0.3, -0.25) is 19.6 Å². The van der Waals surface area contributed by atoms with Crippen molar-refractivity contribution in [2.24, 2.45) is 0 Å². The largest absolute Gasteiger partial charge is 0.383 e. The summed E-state index contributed by atoms with van der Waals surface area (Å²) < 4.78 is 8.23. The fourth-order valence-corrected chi connectivity index (χ4v) is 3.17. The maximum atomic E-state index is 12.9. The van der Waals surface area contributed by atoms with Crippen LogP contribution in [0.15, 0.2) is 64.8 Å². The Labute approximate surface area is 154 Å². The summed E-state index contributed by atoms with van der Waals surface area (Å²) in [5.41, 5.74) is 1.14. The van der Waals surface area contributed by atoms with Crippen molar-refractivity contribution >= 4 is 21.7 Å². The van der Waals surface area contributed by atoms with Gasteiger partial charge in [-0.1, -0.05) is 6.07 Å². The van der Waals surface area contributed by atoms with Gasteiger partial charge in [0.2, 0.25) is 0 Å². The summed E-state index contributed by atoms with van der Waals surface area (Å²) in [7, 11) is 1.59. The van der Waals surface area contributed by atoms with Crippen molar-refractivity contribution in [3.05, 3.63) is 81.5 Å². The average Bonchev–Trinajstić information content (AvgIpc) is 2.70. The second kappa shape index (κ2) is 7.13. The number of aromatic nitrogens is 4. The van der Waals surface area contributed by atoms with Crippen molar-refractivity contribution in [1.82, 2.24) is 19.1 Å². The lowest BCUT2D eigenvalue weighted by atomic mass is 10.1. The average molecular weight is 362 g/mol. The molecule has 0 bridgehead atoms. The second-order valence-corrected chi connectivity index (χ2v) is 6.26. The molecule has 0 unspecified atom stereocenters. The molecule has 0 aliphatic rings. The molecule has 0 aliphatic carbocycles. The summed E-state index contributed by atoms with van der Waals surface area (Å²) >= 11 is 0. The first kappa shape index (κ1) is 17.1. The van der Waals surface area contributed by atoms with Crippen LogP contribution in [0, 0.1) is 0 Å². The quantitative estimate of drug-likeness (QED) is 0.506. The maximum absolute atomic E-state index is 12.9. The summed E-state index contributed by atoms with van der Waals surface area (Å²) in [6, 6.07) is 7.34. The predicted molar refractivity (Wildman–Crippen MR) is 103 cm³/mol. The van der Waals surface area contributed by atoms with Gasteiger partial charge in [-0.05, 0) is 23.8 Å². The molecule has 27 heavy (non-hydrogen) atoms. The Bertz CT molecular complexity index is 1230. The van der Waals surface area contributed by atoms with Crippen LogP contribution in [0.4, 0.5) is 0 Å². The van der Waals surface area contributed by atoms with E-state index >= 15 is 0 Å². The Morgan fingerprint density at radius 2 is 1.85 bits per heavy atom. The monoisotopic (exact) mass is 362 g/mol. The zero-order valence-electron chi connectivity index (χ0n) is 14.8. The summed E-state index contributed by atoms with van der Waals surface area (Å²) in [5.74, 6) is 0. The summed E-state index contributed by atoms with van der Waals surface area (Å²) in [6.45, 7) is 1.29. The highest BCUT2D eigenvalue weighted by Crippen LogP contribution is 2.18. The Balaban J connectivity index is 1.88. The van der Waals surface area contributed by atoms with Gasteiger partial charge in [0.25, 0.3) is 11.1 Å². The van der Waals surface area contributed by atoms with Gasteiger partial charge in [-0.15, -0.1) is 0 Å². The number of hydrogen-bond acceptors (Lipinski definition) is 5. The van der Waals surface area contributed by atoms with Crippen LogP contribution >= 0.6 is 0 Å². The van der Waals surface area contributed by atoms with Gasteiger partial charge >= 0.3 is 0 Å². The lowest BCUT2D eigenvalue weighted by Gasteiger charge is -2.10. The van der Waals surface area contributed by atoms with E-state index in [2.05, 4.69) is 9.97 Å². The molecule has 7 heteroatoms. The van der Waals surface area contributed by atoms with Crippen LogP contribution in [0.3, 0.4) is 0 Å². The number of pyridine rings is 4. The minimum atomic E-state index is -0.183. The molecule has 0 N–H and O–H groups in total. The Morgan fingerprint density at radius 1 is 1.00 bits per heavy atom. The maximum Gasteiger partial charge on any atom is 0.260 e. The summed E-state index contributed by atoms with van der Waals surface area (Å²) in [4.78, 5) is 34.2. The topological polar surface area (TPSA) is 79.0 Å². The van der Waals surface area contributed by atoms with Crippen LogP contribution in [-0.4, -0.2) is 32.8 Å². The zero-order valence-corrected chi connectivity index (χ0v) is 14.8. The van der Waals surface area contributed by atoms with Crippen LogP contribution in [0.2, 0.25) is 0 Å². The fourth-order valence-electron chi connectivity index (χ4n) is 3.17. The van der Waals surface area contributed by atoms with E-state index in [4.69, 9.17) is 4.74 Å². The van der Waals surface area contributed by atoms with Crippen molar-refractivity contribution in [3.8, 4) is 0 Å². The molecule has 4 aromatic rings. The minimum absolute atomic E-state index is 0.174. The summed E-state index contributed by atoms with van der Waals surface area (Å²) in [6.07, 6.45) is 8.37. The van der Waals surface area contributed by atoms with Crippen molar-refractivity contribution < 1.29 is 4.74 Å².